The molecule has 0 bridgehead atoms. The van der Waals surface area contributed by atoms with Crippen LogP contribution in [0.15, 0.2) is 83.5 Å². The van der Waals surface area contributed by atoms with Crippen LogP contribution < -0.4 is 0 Å². The smallest absolute Gasteiger partial charge is 0.342 e. The van der Waals surface area contributed by atoms with Crippen LogP contribution in [-0.4, -0.2) is 27.1 Å². The summed E-state index contributed by atoms with van der Waals surface area (Å²) < 4.78 is 13.0. The van der Waals surface area contributed by atoms with Gasteiger partial charge in [0.1, 0.15) is 22.9 Å². The number of benzene rings is 2. The average molecular weight is 443 g/mol. The number of hydrogen-bond acceptors (Lipinski definition) is 6. The van der Waals surface area contributed by atoms with Crippen molar-refractivity contribution >= 4 is 23.3 Å². The molecule has 0 radical (unpaired) electrons. The van der Waals surface area contributed by atoms with Crippen molar-refractivity contribution in [2.75, 3.05) is 6.61 Å². The number of ether oxygens (including phenoxy) is 1. The molecule has 0 N–H and O–H groups in total. The summed E-state index contributed by atoms with van der Waals surface area (Å²) in [5, 5.41) is 10.9. The number of hydrogen-bond donors (Lipinski definition) is 0. The standard InChI is InChI=1S/C25H21N3O5/c1-2-32-25(29)22(24-26-14-15-27(24)17-18-6-4-3-5-7-18)16-21-12-13-23(33-21)19-8-10-20(11-9-19)28(30)31/h3-16H,2,17H2,1H3/b22-16+. The van der Waals surface area contributed by atoms with Crippen LogP contribution in [0.3, 0.4) is 0 Å². The lowest BCUT2D eigenvalue weighted by molar-refractivity contribution is -0.384. The van der Waals surface area contributed by atoms with Gasteiger partial charge in [-0.25, -0.2) is 9.78 Å². The lowest BCUT2D eigenvalue weighted by Gasteiger charge is -2.10. The quantitative estimate of drug-likeness (QED) is 0.161. The van der Waals surface area contributed by atoms with E-state index in [0.717, 1.165) is 5.56 Å². The van der Waals surface area contributed by atoms with E-state index in [1.54, 1.807) is 49.7 Å². The molecule has 0 amide bonds. The maximum absolute atomic E-state index is 12.8. The molecule has 33 heavy (non-hydrogen) atoms. The normalized spacial score (nSPS) is 11.4. The molecule has 166 valence electrons. The van der Waals surface area contributed by atoms with E-state index in [1.807, 2.05) is 34.9 Å². The SMILES string of the molecule is CCOC(=O)/C(=C/c1ccc(-c2ccc([N+](=O)[O-])cc2)o1)c1nccn1Cc1ccccc1. The van der Waals surface area contributed by atoms with Gasteiger partial charge in [-0.15, -0.1) is 0 Å². The Bertz CT molecular complexity index is 1290. The fourth-order valence-electron chi connectivity index (χ4n) is 3.36. The van der Waals surface area contributed by atoms with E-state index < -0.39 is 10.9 Å². The molecule has 2 aromatic heterocycles. The highest BCUT2D eigenvalue weighted by Crippen LogP contribution is 2.27. The Balaban J connectivity index is 1.66. The minimum Gasteiger partial charge on any atom is -0.462 e. The molecule has 0 fully saturated rings. The highest BCUT2D eigenvalue weighted by molar-refractivity contribution is 6.20. The number of rotatable bonds is 8. The zero-order valence-electron chi connectivity index (χ0n) is 17.9. The van der Waals surface area contributed by atoms with Crippen LogP contribution in [0.1, 0.15) is 24.1 Å². The predicted molar refractivity (Wildman–Crippen MR) is 123 cm³/mol. The first kappa shape index (κ1) is 21.8. The molecule has 0 saturated carbocycles. The first-order chi connectivity index (χ1) is 16.0. The van der Waals surface area contributed by atoms with E-state index in [-0.39, 0.29) is 17.9 Å². The third kappa shape index (κ3) is 5.07. The maximum atomic E-state index is 12.8. The van der Waals surface area contributed by atoms with E-state index in [2.05, 4.69) is 4.98 Å². The van der Waals surface area contributed by atoms with Crippen LogP contribution in [0.2, 0.25) is 0 Å². The number of carbonyl (C=O) groups excluding carboxylic acids is 1. The van der Waals surface area contributed by atoms with E-state index in [1.165, 1.54) is 12.1 Å². The van der Waals surface area contributed by atoms with Crippen LogP contribution in [0.4, 0.5) is 5.69 Å². The molecule has 0 spiro atoms. The lowest BCUT2D eigenvalue weighted by atomic mass is 10.1. The molecule has 0 aliphatic heterocycles. The Morgan fingerprint density at radius 2 is 1.88 bits per heavy atom. The van der Waals surface area contributed by atoms with Gasteiger partial charge in [0.2, 0.25) is 0 Å². The Labute approximate surface area is 189 Å². The van der Waals surface area contributed by atoms with Crippen LogP contribution in [-0.2, 0) is 16.1 Å². The molecule has 8 heteroatoms. The second-order valence-corrected chi connectivity index (χ2v) is 7.15. The number of nitro groups is 1. The van der Waals surface area contributed by atoms with Gasteiger partial charge < -0.3 is 13.7 Å². The Kier molecular flexibility index (Phi) is 6.45. The van der Waals surface area contributed by atoms with Gasteiger partial charge in [0.05, 0.1) is 11.5 Å². The van der Waals surface area contributed by atoms with Crippen molar-refractivity contribution < 1.29 is 18.9 Å². The fourth-order valence-corrected chi connectivity index (χ4v) is 3.36. The highest BCUT2D eigenvalue weighted by atomic mass is 16.6. The first-order valence-electron chi connectivity index (χ1n) is 10.3. The molecule has 0 aliphatic carbocycles. The van der Waals surface area contributed by atoms with Crippen LogP contribution in [0, 0.1) is 10.1 Å². The fraction of sp³-hybridized carbons (Fsp3) is 0.120. The third-order valence-corrected chi connectivity index (χ3v) is 4.92. The predicted octanol–water partition coefficient (Wildman–Crippen LogP) is 5.20. The second-order valence-electron chi connectivity index (χ2n) is 7.15. The number of furan rings is 1. The topological polar surface area (TPSA) is 100 Å². The van der Waals surface area contributed by atoms with E-state index in [9.17, 15) is 14.9 Å². The number of carbonyl (C=O) groups is 1. The number of non-ortho nitro benzene ring substituents is 1. The molecule has 2 aromatic carbocycles. The maximum Gasteiger partial charge on any atom is 0.342 e. The molecule has 4 rings (SSSR count). The van der Waals surface area contributed by atoms with Crippen molar-refractivity contribution in [3.63, 3.8) is 0 Å². The Morgan fingerprint density at radius 3 is 2.58 bits per heavy atom. The van der Waals surface area contributed by atoms with E-state index >= 15 is 0 Å². The van der Waals surface area contributed by atoms with Crippen molar-refractivity contribution in [1.82, 2.24) is 9.55 Å². The van der Waals surface area contributed by atoms with Crippen molar-refractivity contribution in [2.45, 2.75) is 13.5 Å². The van der Waals surface area contributed by atoms with Crippen LogP contribution in [0.5, 0.6) is 0 Å². The number of aromatic nitrogens is 2. The minimum atomic E-state index is -0.508. The summed E-state index contributed by atoms with van der Waals surface area (Å²) in [6.45, 7) is 2.51. The lowest BCUT2D eigenvalue weighted by Crippen LogP contribution is -2.12. The van der Waals surface area contributed by atoms with Crippen LogP contribution >= 0.6 is 0 Å². The molecule has 0 aliphatic rings. The van der Waals surface area contributed by atoms with Crippen molar-refractivity contribution in [1.29, 1.82) is 0 Å². The molecule has 0 saturated heterocycles. The van der Waals surface area contributed by atoms with E-state index in [0.29, 0.717) is 29.5 Å². The molecule has 0 atom stereocenters. The monoisotopic (exact) mass is 443 g/mol. The summed E-state index contributed by atoms with van der Waals surface area (Å²) in [4.78, 5) is 27.6. The summed E-state index contributed by atoms with van der Waals surface area (Å²) in [5.41, 5.74) is 2.02. The summed E-state index contributed by atoms with van der Waals surface area (Å²) in [6, 6.07) is 19.4. The average Bonchev–Trinajstić information content (AvgIpc) is 3.48. The summed E-state index contributed by atoms with van der Waals surface area (Å²) in [6.07, 6.45) is 5.03. The zero-order chi connectivity index (χ0) is 23.2. The Morgan fingerprint density at radius 1 is 1.12 bits per heavy atom. The molecule has 0 unspecified atom stereocenters. The van der Waals surface area contributed by atoms with Crippen LogP contribution in [0.25, 0.3) is 23.0 Å². The van der Waals surface area contributed by atoms with Gasteiger partial charge in [0, 0.05) is 36.6 Å². The van der Waals surface area contributed by atoms with Gasteiger partial charge in [-0.2, -0.15) is 0 Å². The third-order valence-electron chi connectivity index (χ3n) is 4.92. The summed E-state index contributed by atoms with van der Waals surface area (Å²) >= 11 is 0. The number of esters is 1. The molecule has 4 aromatic rings. The molecule has 8 nitrogen and oxygen atoms in total. The van der Waals surface area contributed by atoms with Crippen molar-refractivity contribution in [3.8, 4) is 11.3 Å². The number of nitro benzene ring substituents is 1. The van der Waals surface area contributed by atoms with Crippen molar-refractivity contribution in [2.24, 2.45) is 0 Å². The van der Waals surface area contributed by atoms with Gasteiger partial charge in [-0.3, -0.25) is 10.1 Å². The van der Waals surface area contributed by atoms with Gasteiger partial charge in [0.15, 0.2) is 0 Å². The zero-order valence-corrected chi connectivity index (χ0v) is 17.9. The number of nitrogens with zero attached hydrogens (tertiary/aromatic N) is 3. The van der Waals surface area contributed by atoms with Gasteiger partial charge in [-0.1, -0.05) is 30.3 Å². The minimum absolute atomic E-state index is 0.000255. The largest absolute Gasteiger partial charge is 0.462 e. The van der Waals surface area contributed by atoms with Crippen molar-refractivity contribution in [3.05, 3.63) is 106 Å². The summed E-state index contributed by atoms with van der Waals surface area (Å²) in [5.74, 6) is 0.907. The van der Waals surface area contributed by atoms with Gasteiger partial charge >= 0.3 is 5.97 Å². The van der Waals surface area contributed by atoms with Gasteiger partial charge in [-0.05, 0) is 42.8 Å². The Hall–Kier alpha value is -4.46. The van der Waals surface area contributed by atoms with E-state index in [4.69, 9.17) is 9.15 Å². The molecule has 2 heterocycles. The highest BCUT2D eigenvalue weighted by Gasteiger charge is 2.20. The van der Waals surface area contributed by atoms with Gasteiger partial charge in [0.25, 0.3) is 5.69 Å². The second kappa shape index (κ2) is 9.78. The first-order valence-corrected chi connectivity index (χ1v) is 10.3. The molecular formula is C25H21N3O5. The number of imidazole rings is 1. The summed E-state index contributed by atoms with van der Waals surface area (Å²) in [7, 11) is 0. The molecular weight excluding hydrogens is 422 g/mol.